The maximum atomic E-state index is 11.7. The van der Waals surface area contributed by atoms with Crippen LogP contribution < -0.4 is 10.6 Å². The van der Waals surface area contributed by atoms with Gasteiger partial charge in [-0.15, -0.1) is 11.8 Å². The highest BCUT2D eigenvalue weighted by atomic mass is 32.2. The molecule has 2 N–H and O–H groups in total. The molecule has 112 valence electrons. The van der Waals surface area contributed by atoms with Gasteiger partial charge in [-0.2, -0.15) is 0 Å². The van der Waals surface area contributed by atoms with E-state index in [0.29, 0.717) is 0 Å². The van der Waals surface area contributed by atoms with Crippen LogP contribution in [0.3, 0.4) is 0 Å². The summed E-state index contributed by atoms with van der Waals surface area (Å²) in [4.78, 5) is 15.1. The highest BCUT2D eigenvalue weighted by Gasteiger charge is 2.13. The molecule has 0 atom stereocenters. The molecule has 2 amide bonds. The van der Waals surface area contributed by atoms with Crippen molar-refractivity contribution in [2.24, 2.45) is 0 Å². The lowest BCUT2D eigenvalue weighted by Gasteiger charge is -2.20. The van der Waals surface area contributed by atoms with E-state index in [2.05, 4.69) is 29.6 Å². The third-order valence-corrected chi connectivity index (χ3v) is 3.40. The molecule has 0 unspecified atom stereocenters. The van der Waals surface area contributed by atoms with E-state index in [1.165, 1.54) is 4.90 Å². The molecule has 0 spiro atoms. The predicted molar refractivity (Wildman–Crippen MR) is 87.6 cm³/mol. The minimum atomic E-state index is -0.230. The summed E-state index contributed by atoms with van der Waals surface area (Å²) in [6, 6.07) is 7.76. The molecule has 20 heavy (non-hydrogen) atoms. The van der Waals surface area contributed by atoms with Crippen molar-refractivity contribution in [3.05, 3.63) is 24.3 Å². The summed E-state index contributed by atoms with van der Waals surface area (Å²) < 4.78 is 0. The van der Waals surface area contributed by atoms with Crippen LogP contribution in [0.5, 0.6) is 0 Å². The zero-order valence-corrected chi connectivity index (χ0v) is 13.8. The zero-order chi connectivity index (χ0) is 15.2. The fourth-order valence-corrected chi connectivity index (χ4v) is 2.50. The van der Waals surface area contributed by atoms with Gasteiger partial charge < -0.3 is 15.5 Å². The van der Waals surface area contributed by atoms with Crippen LogP contribution in [0.4, 0.5) is 10.5 Å². The molecular formula is C15H25N3OS. The smallest absolute Gasteiger partial charge is 0.319 e. The van der Waals surface area contributed by atoms with Crippen LogP contribution in [0.2, 0.25) is 0 Å². The Morgan fingerprint density at radius 1 is 1.20 bits per heavy atom. The maximum Gasteiger partial charge on any atom is 0.319 e. The van der Waals surface area contributed by atoms with Crippen LogP contribution >= 0.6 is 11.8 Å². The number of nitrogens with one attached hydrogen (secondary N) is 2. The Hall–Kier alpha value is -1.20. The second kappa shape index (κ2) is 7.55. The van der Waals surface area contributed by atoms with Crippen LogP contribution in [0.15, 0.2) is 29.2 Å². The number of hydrogen-bond acceptors (Lipinski definition) is 3. The zero-order valence-electron chi connectivity index (χ0n) is 13.0. The van der Waals surface area contributed by atoms with E-state index in [0.717, 1.165) is 18.0 Å². The molecule has 5 heteroatoms. The lowest BCUT2D eigenvalue weighted by atomic mass is 10.1. The van der Waals surface area contributed by atoms with Crippen LogP contribution in [0.25, 0.3) is 0 Å². The average molecular weight is 295 g/mol. The van der Waals surface area contributed by atoms with Gasteiger partial charge in [0, 0.05) is 28.4 Å². The van der Waals surface area contributed by atoms with E-state index in [1.54, 1.807) is 0 Å². The number of amides is 2. The Bertz CT molecular complexity index is 424. The molecule has 0 radical (unpaired) electrons. The van der Waals surface area contributed by atoms with Crippen molar-refractivity contribution < 1.29 is 4.79 Å². The number of thioether (sulfide) groups is 1. The highest BCUT2D eigenvalue weighted by Crippen LogP contribution is 2.20. The van der Waals surface area contributed by atoms with Gasteiger partial charge in [-0.3, -0.25) is 0 Å². The van der Waals surface area contributed by atoms with Gasteiger partial charge >= 0.3 is 6.03 Å². The number of benzene rings is 1. The number of anilines is 1. The second-order valence-corrected chi connectivity index (χ2v) is 7.17. The standard InChI is InChI=1S/C15H25N3OS/c1-15(2,3)17-14(19)16-12-6-8-13(9-7-12)20-11-10-18(4)5/h6-9H,10-11H2,1-5H3,(H2,16,17,19). The first-order chi connectivity index (χ1) is 9.26. The van der Waals surface area contributed by atoms with Gasteiger partial charge in [-0.25, -0.2) is 4.79 Å². The van der Waals surface area contributed by atoms with Crippen molar-refractivity contribution in [2.75, 3.05) is 31.7 Å². The Morgan fingerprint density at radius 2 is 1.80 bits per heavy atom. The third-order valence-electron chi connectivity index (χ3n) is 2.41. The Morgan fingerprint density at radius 3 is 2.30 bits per heavy atom. The summed E-state index contributed by atoms with van der Waals surface area (Å²) >= 11 is 1.82. The quantitative estimate of drug-likeness (QED) is 0.820. The molecule has 0 aliphatic heterocycles. The van der Waals surface area contributed by atoms with Crippen molar-refractivity contribution in [3.63, 3.8) is 0 Å². The number of hydrogen-bond donors (Lipinski definition) is 2. The first kappa shape index (κ1) is 16.9. The molecule has 0 bridgehead atoms. The maximum absolute atomic E-state index is 11.7. The van der Waals surface area contributed by atoms with Gasteiger partial charge in [0.15, 0.2) is 0 Å². The molecule has 0 saturated carbocycles. The highest BCUT2D eigenvalue weighted by molar-refractivity contribution is 7.99. The van der Waals surface area contributed by atoms with Crippen molar-refractivity contribution in [1.82, 2.24) is 10.2 Å². The molecule has 1 aromatic rings. The lowest BCUT2D eigenvalue weighted by molar-refractivity contribution is 0.244. The minimum Gasteiger partial charge on any atom is -0.333 e. The molecule has 0 aliphatic carbocycles. The van der Waals surface area contributed by atoms with E-state index in [1.807, 2.05) is 56.8 Å². The van der Waals surface area contributed by atoms with Gasteiger partial charge in [0.25, 0.3) is 0 Å². The second-order valence-electron chi connectivity index (χ2n) is 6.01. The number of rotatable bonds is 5. The number of nitrogens with zero attached hydrogens (tertiary/aromatic N) is 1. The summed E-state index contributed by atoms with van der Waals surface area (Å²) in [5.74, 6) is 1.06. The lowest BCUT2D eigenvalue weighted by Crippen LogP contribution is -2.43. The number of carbonyl (C=O) groups excluding carboxylic acids is 1. The SMILES string of the molecule is CN(C)CCSc1ccc(NC(=O)NC(C)(C)C)cc1. The summed E-state index contributed by atoms with van der Waals surface area (Å²) in [6.45, 7) is 6.92. The van der Waals surface area contributed by atoms with E-state index in [4.69, 9.17) is 0 Å². The van der Waals surface area contributed by atoms with Crippen molar-refractivity contribution in [3.8, 4) is 0 Å². The monoisotopic (exact) mass is 295 g/mol. The van der Waals surface area contributed by atoms with Crippen molar-refractivity contribution in [2.45, 2.75) is 31.2 Å². The fraction of sp³-hybridized carbons (Fsp3) is 0.533. The van der Waals surface area contributed by atoms with Gasteiger partial charge in [0.05, 0.1) is 0 Å². The minimum absolute atomic E-state index is 0.175. The van der Waals surface area contributed by atoms with Crippen molar-refractivity contribution in [1.29, 1.82) is 0 Å². The van der Waals surface area contributed by atoms with E-state index in [-0.39, 0.29) is 11.6 Å². The van der Waals surface area contributed by atoms with Gasteiger partial charge in [0.2, 0.25) is 0 Å². The third kappa shape index (κ3) is 7.40. The molecule has 1 rings (SSSR count). The number of urea groups is 1. The predicted octanol–water partition coefficient (Wildman–Crippen LogP) is 3.26. The van der Waals surface area contributed by atoms with E-state index >= 15 is 0 Å². The van der Waals surface area contributed by atoms with E-state index in [9.17, 15) is 4.79 Å². The molecule has 0 heterocycles. The summed E-state index contributed by atoms with van der Waals surface area (Å²) in [5.41, 5.74) is 0.579. The topological polar surface area (TPSA) is 44.4 Å². The Balaban J connectivity index is 2.44. The molecular weight excluding hydrogens is 270 g/mol. The summed E-state index contributed by atoms with van der Waals surface area (Å²) in [6.07, 6.45) is 0. The van der Waals surface area contributed by atoms with Crippen LogP contribution in [-0.4, -0.2) is 42.9 Å². The Labute approximate surface area is 126 Å². The first-order valence-corrected chi connectivity index (χ1v) is 7.71. The summed E-state index contributed by atoms with van der Waals surface area (Å²) in [5, 5.41) is 5.70. The van der Waals surface area contributed by atoms with Crippen LogP contribution in [0, 0.1) is 0 Å². The molecule has 1 aromatic carbocycles. The van der Waals surface area contributed by atoms with Gasteiger partial charge in [-0.05, 0) is 59.1 Å². The van der Waals surface area contributed by atoms with Gasteiger partial charge in [-0.1, -0.05) is 0 Å². The molecule has 4 nitrogen and oxygen atoms in total. The molecule has 0 fully saturated rings. The van der Waals surface area contributed by atoms with Crippen LogP contribution in [0.1, 0.15) is 20.8 Å². The first-order valence-electron chi connectivity index (χ1n) is 6.73. The average Bonchev–Trinajstić information content (AvgIpc) is 2.28. The van der Waals surface area contributed by atoms with Crippen molar-refractivity contribution >= 4 is 23.5 Å². The largest absolute Gasteiger partial charge is 0.333 e. The Kier molecular flexibility index (Phi) is 6.36. The molecule has 0 saturated heterocycles. The normalized spacial score (nSPS) is 11.5. The molecule has 0 aliphatic rings. The molecule has 0 aromatic heterocycles. The number of carbonyl (C=O) groups is 1. The fourth-order valence-electron chi connectivity index (χ4n) is 1.48. The van der Waals surface area contributed by atoms with Gasteiger partial charge in [0.1, 0.15) is 0 Å². The van der Waals surface area contributed by atoms with E-state index < -0.39 is 0 Å². The van der Waals surface area contributed by atoms with Crippen LogP contribution in [-0.2, 0) is 0 Å². The summed E-state index contributed by atoms with van der Waals surface area (Å²) in [7, 11) is 4.14.